The van der Waals surface area contributed by atoms with Gasteiger partial charge in [0.25, 0.3) is 5.56 Å². The molecule has 0 atom stereocenters. The van der Waals surface area contributed by atoms with E-state index in [-0.39, 0.29) is 51.4 Å². The van der Waals surface area contributed by atoms with Gasteiger partial charge in [0.05, 0.1) is 11.7 Å². The monoisotopic (exact) mass is 280 g/mol. The Hall–Kier alpha value is -0.744. The Balaban J connectivity index is 0.00000289. The van der Waals surface area contributed by atoms with Crippen LogP contribution in [0.4, 0.5) is 0 Å². The SMILES string of the molecule is CC(C)n1c(C(=O)[O-])c(C(=O)O)c(=O)[nH]c1=O.[K+]. The predicted octanol–water partition coefficient (Wildman–Crippen LogP) is -4.82. The van der Waals surface area contributed by atoms with Gasteiger partial charge in [-0.3, -0.25) is 14.3 Å². The fourth-order valence-corrected chi connectivity index (χ4v) is 1.44. The summed E-state index contributed by atoms with van der Waals surface area (Å²) >= 11 is 0. The number of carbonyl (C=O) groups excluding carboxylic acids is 1. The minimum absolute atomic E-state index is 0. The van der Waals surface area contributed by atoms with Crippen LogP contribution in [0.25, 0.3) is 0 Å². The Kier molecular flexibility index (Phi) is 6.17. The van der Waals surface area contributed by atoms with Crippen LogP contribution in [-0.4, -0.2) is 26.6 Å². The summed E-state index contributed by atoms with van der Waals surface area (Å²) in [5.74, 6) is -3.63. The Morgan fingerprint density at radius 2 is 1.83 bits per heavy atom. The van der Waals surface area contributed by atoms with Crippen LogP contribution in [0, 0.1) is 0 Å². The molecular formula is C9H9KN2O6. The maximum absolute atomic E-state index is 11.4. The second-order valence-corrected chi connectivity index (χ2v) is 3.54. The van der Waals surface area contributed by atoms with Gasteiger partial charge >= 0.3 is 63.0 Å². The van der Waals surface area contributed by atoms with E-state index in [2.05, 4.69) is 0 Å². The third-order valence-corrected chi connectivity index (χ3v) is 2.07. The van der Waals surface area contributed by atoms with Crippen molar-refractivity contribution in [2.45, 2.75) is 19.9 Å². The molecule has 0 aliphatic heterocycles. The van der Waals surface area contributed by atoms with Gasteiger partial charge in [-0.05, 0) is 13.8 Å². The zero-order chi connectivity index (χ0) is 13.3. The molecule has 0 radical (unpaired) electrons. The van der Waals surface area contributed by atoms with Crippen LogP contribution in [0.15, 0.2) is 9.59 Å². The van der Waals surface area contributed by atoms with E-state index in [0.717, 1.165) is 0 Å². The van der Waals surface area contributed by atoms with Crippen molar-refractivity contribution in [2.75, 3.05) is 0 Å². The second kappa shape index (κ2) is 6.43. The zero-order valence-corrected chi connectivity index (χ0v) is 13.1. The van der Waals surface area contributed by atoms with Crippen molar-refractivity contribution in [1.82, 2.24) is 9.55 Å². The van der Waals surface area contributed by atoms with Crippen LogP contribution in [0.5, 0.6) is 0 Å². The summed E-state index contributed by atoms with van der Waals surface area (Å²) in [6.45, 7) is 2.94. The van der Waals surface area contributed by atoms with Gasteiger partial charge in [-0.1, -0.05) is 0 Å². The Labute approximate surface area is 143 Å². The third kappa shape index (κ3) is 3.17. The molecule has 8 nitrogen and oxygen atoms in total. The standard InChI is InChI=1S/C9H10N2O6.K/c1-3(2)11-5(8(15)16)4(7(13)14)6(12)10-9(11)17;/h3H,1-2H3,(H,13,14)(H,15,16)(H,10,12,17);/q;+1/p-1. The normalized spacial score (nSPS) is 9.94. The first-order valence-corrected chi connectivity index (χ1v) is 4.60. The molecule has 0 bridgehead atoms. The van der Waals surface area contributed by atoms with Crippen molar-refractivity contribution >= 4 is 11.9 Å². The number of aromatic nitrogens is 2. The summed E-state index contributed by atoms with van der Waals surface area (Å²) < 4.78 is 0.653. The van der Waals surface area contributed by atoms with Crippen molar-refractivity contribution in [3.63, 3.8) is 0 Å². The summed E-state index contributed by atoms with van der Waals surface area (Å²) in [7, 11) is 0. The first-order chi connectivity index (χ1) is 7.77. The van der Waals surface area contributed by atoms with Gasteiger partial charge < -0.3 is 15.0 Å². The Morgan fingerprint density at radius 1 is 1.33 bits per heavy atom. The van der Waals surface area contributed by atoms with E-state index in [1.165, 1.54) is 13.8 Å². The molecule has 1 rings (SSSR count). The first-order valence-electron chi connectivity index (χ1n) is 4.60. The number of nitrogens with zero attached hydrogens (tertiary/aromatic N) is 1. The van der Waals surface area contributed by atoms with Gasteiger partial charge in [0.2, 0.25) is 0 Å². The van der Waals surface area contributed by atoms with E-state index in [1.54, 1.807) is 4.98 Å². The number of aromatic carboxylic acids is 2. The number of hydrogen-bond donors (Lipinski definition) is 2. The molecule has 92 valence electrons. The minimum atomic E-state index is -1.89. The summed E-state index contributed by atoms with van der Waals surface area (Å²) in [4.78, 5) is 46.1. The zero-order valence-electron chi connectivity index (χ0n) is 10.0. The van der Waals surface area contributed by atoms with Crippen molar-refractivity contribution in [2.24, 2.45) is 0 Å². The van der Waals surface area contributed by atoms with Gasteiger partial charge in [-0.2, -0.15) is 0 Å². The molecular weight excluding hydrogens is 271 g/mol. The number of hydrogen-bond acceptors (Lipinski definition) is 5. The Morgan fingerprint density at radius 3 is 2.17 bits per heavy atom. The fourth-order valence-electron chi connectivity index (χ4n) is 1.44. The summed E-state index contributed by atoms with van der Waals surface area (Å²) in [5, 5.41) is 19.6. The van der Waals surface area contributed by atoms with E-state index in [9.17, 15) is 24.3 Å². The number of rotatable bonds is 3. The molecule has 0 aromatic carbocycles. The summed E-state index contributed by atoms with van der Waals surface area (Å²) in [6, 6.07) is -0.634. The van der Waals surface area contributed by atoms with Crippen LogP contribution >= 0.6 is 0 Å². The average molecular weight is 280 g/mol. The maximum atomic E-state index is 11.4. The third-order valence-electron chi connectivity index (χ3n) is 2.07. The largest absolute Gasteiger partial charge is 1.00 e. The number of carbonyl (C=O) groups is 2. The molecule has 0 saturated carbocycles. The smallest absolute Gasteiger partial charge is 0.543 e. The van der Waals surface area contributed by atoms with E-state index < -0.39 is 40.5 Å². The quantitative estimate of drug-likeness (QED) is 0.534. The van der Waals surface area contributed by atoms with Crippen LogP contribution in [0.2, 0.25) is 0 Å². The van der Waals surface area contributed by atoms with E-state index >= 15 is 0 Å². The molecule has 0 saturated heterocycles. The molecule has 1 aromatic rings. The van der Waals surface area contributed by atoms with E-state index in [1.807, 2.05) is 0 Å². The molecule has 0 spiro atoms. The molecule has 1 aromatic heterocycles. The van der Waals surface area contributed by atoms with Crippen molar-refractivity contribution < 1.29 is 71.2 Å². The number of aromatic amines is 1. The van der Waals surface area contributed by atoms with Crippen molar-refractivity contribution in [3.8, 4) is 0 Å². The summed E-state index contributed by atoms with van der Waals surface area (Å²) in [6.07, 6.45) is 0. The van der Waals surface area contributed by atoms with E-state index in [0.29, 0.717) is 4.57 Å². The molecule has 0 fully saturated rings. The van der Waals surface area contributed by atoms with E-state index in [4.69, 9.17) is 5.11 Å². The molecule has 18 heavy (non-hydrogen) atoms. The number of carboxylic acids is 2. The first kappa shape index (κ1) is 17.3. The van der Waals surface area contributed by atoms with Crippen molar-refractivity contribution in [1.29, 1.82) is 0 Å². The Bertz CT molecular complexity index is 600. The van der Waals surface area contributed by atoms with Crippen molar-refractivity contribution in [3.05, 3.63) is 32.1 Å². The molecule has 0 amide bonds. The van der Waals surface area contributed by atoms with Gasteiger partial charge in [0, 0.05) is 6.04 Å². The molecule has 0 aliphatic rings. The number of H-pyrrole nitrogens is 1. The molecule has 2 N–H and O–H groups in total. The summed E-state index contributed by atoms with van der Waals surface area (Å²) in [5.41, 5.74) is -4.20. The van der Waals surface area contributed by atoms with Gasteiger partial charge in [-0.25, -0.2) is 9.59 Å². The number of nitrogens with one attached hydrogen (secondary N) is 1. The topological polar surface area (TPSA) is 132 Å². The van der Waals surface area contributed by atoms with Gasteiger partial charge in [-0.15, -0.1) is 0 Å². The molecule has 0 unspecified atom stereocenters. The van der Waals surface area contributed by atoms with Crippen LogP contribution < -0.4 is 67.7 Å². The predicted molar refractivity (Wildman–Crippen MR) is 53.0 cm³/mol. The second-order valence-electron chi connectivity index (χ2n) is 3.54. The van der Waals surface area contributed by atoms with Crippen LogP contribution in [0.1, 0.15) is 40.7 Å². The van der Waals surface area contributed by atoms with Gasteiger partial charge in [0.15, 0.2) is 5.56 Å². The van der Waals surface area contributed by atoms with Crippen LogP contribution in [-0.2, 0) is 0 Å². The average Bonchev–Trinajstić information content (AvgIpc) is 2.14. The molecule has 0 aliphatic carbocycles. The fraction of sp³-hybridized carbons (Fsp3) is 0.333. The minimum Gasteiger partial charge on any atom is -0.543 e. The van der Waals surface area contributed by atoms with Gasteiger partial charge in [0.1, 0.15) is 0 Å². The molecule has 1 heterocycles. The maximum Gasteiger partial charge on any atom is 1.00 e. The number of carboxylic acid groups (broad SMARTS) is 2. The molecule has 9 heteroatoms. The van der Waals surface area contributed by atoms with Crippen LogP contribution in [0.3, 0.4) is 0 Å².